The van der Waals surface area contributed by atoms with Crippen LogP contribution in [0.1, 0.15) is 26.2 Å². The second kappa shape index (κ2) is 11.0. The molecular formula is C24H37N5O5. The third-order valence-electron chi connectivity index (χ3n) is 7.45. The van der Waals surface area contributed by atoms with Gasteiger partial charge < -0.3 is 35.4 Å². The standard InChI is InChI=1S/C24H37N5O5/c1-17-27-18-4-2-3-5-19(18)29(17)13-15-34-14-11-26-22(32)20(30)21(31)23(33)28-12-8-24(16-28)6-9-25-10-7-24/h2-5,18-21,25,30-31H,6-16H2,1H3,(H,26,32)/t18?,19?,20-,21-/m1/s1. The molecule has 0 radical (unpaired) electrons. The lowest BCUT2D eigenvalue weighted by molar-refractivity contribution is -0.152. The number of aliphatic hydroxyl groups is 2. The van der Waals surface area contributed by atoms with Gasteiger partial charge in [-0.1, -0.05) is 24.3 Å². The summed E-state index contributed by atoms with van der Waals surface area (Å²) in [6.45, 7) is 6.57. The SMILES string of the molecule is CC1=NC2C=CC=CC2N1CCOCCNC(=O)[C@H](O)[C@@H](O)C(=O)N1CCC2(CCNCC2)C1. The minimum absolute atomic E-state index is 0.0928. The summed E-state index contributed by atoms with van der Waals surface area (Å²) in [7, 11) is 0. The number of aliphatic imine (C=N–C) groups is 1. The fraction of sp³-hybridized carbons (Fsp3) is 0.708. The molecule has 34 heavy (non-hydrogen) atoms. The summed E-state index contributed by atoms with van der Waals surface area (Å²) in [6, 6.07) is 0.383. The van der Waals surface area contributed by atoms with Crippen LogP contribution >= 0.6 is 0 Å². The second-order valence-corrected chi connectivity index (χ2v) is 9.67. The summed E-state index contributed by atoms with van der Waals surface area (Å²) in [5.41, 5.74) is 0.0928. The average Bonchev–Trinajstić information content (AvgIpc) is 3.40. The van der Waals surface area contributed by atoms with E-state index in [0.29, 0.717) is 26.2 Å². The van der Waals surface area contributed by atoms with Crippen LogP contribution in [0.15, 0.2) is 29.3 Å². The third-order valence-corrected chi connectivity index (χ3v) is 7.45. The molecule has 4 aliphatic rings. The van der Waals surface area contributed by atoms with Crippen molar-refractivity contribution in [2.75, 3.05) is 52.5 Å². The number of ether oxygens (including phenoxy) is 1. The van der Waals surface area contributed by atoms with Crippen molar-refractivity contribution in [1.82, 2.24) is 20.4 Å². The van der Waals surface area contributed by atoms with E-state index in [1.807, 2.05) is 19.1 Å². The fourth-order valence-corrected chi connectivity index (χ4v) is 5.38. The molecule has 2 saturated heterocycles. The fourth-order valence-electron chi connectivity index (χ4n) is 5.38. The molecule has 0 aromatic heterocycles. The van der Waals surface area contributed by atoms with Crippen LogP contribution < -0.4 is 10.6 Å². The van der Waals surface area contributed by atoms with E-state index in [1.165, 1.54) is 0 Å². The number of amidine groups is 1. The maximum Gasteiger partial charge on any atom is 0.254 e. The Bertz CT molecular complexity index is 838. The monoisotopic (exact) mass is 475 g/mol. The molecule has 1 aliphatic carbocycles. The molecule has 10 nitrogen and oxygen atoms in total. The number of hydrogen-bond acceptors (Lipinski definition) is 8. The van der Waals surface area contributed by atoms with Crippen molar-refractivity contribution in [3.8, 4) is 0 Å². The van der Waals surface area contributed by atoms with Crippen molar-refractivity contribution in [2.24, 2.45) is 10.4 Å². The summed E-state index contributed by atoms with van der Waals surface area (Å²) in [6.07, 6.45) is 7.57. The van der Waals surface area contributed by atoms with Crippen molar-refractivity contribution in [3.05, 3.63) is 24.3 Å². The first-order valence-electron chi connectivity index (χ1n) is 12.3. The highest BCUT2D eigenvalue weighted by atomic mass is 16.5. The van der Waals surface area contributed by atoms with Crippen LogP contribution in [0.4, 0.5) is 0 Å². The van der Waals surface area contributed by atoms with Gasteiger partial charge in [0.2, 0.25) is 0 Å². The number of carbonyl (C=O) groups excluding carboxylic acids is 2. The Morgan fingerprint density at radius 2 is 1.97 bits per heavy atom. The third kappa shape index (κ3) is 5.51. The molecule has 2 fully saturated rings. The van der Waals surface area contributed by atoms with E-state index in [9.17, 15) is 19.8 Å². The van der Waals surface area contributed by atoms with Crippen LogP contribution in [0.25, 0.3) is 0 Å². The van der Waals surface area contributed by atoms with Gasteiger partial charge in [-0.25, -0.2) is 0 Å². The second-order valence-electron chi connectivity index (χ2n) is 9.67. The molecule has 0 aromatic rings. The molecule has 188 valence electrons. The van der Waals surface area contributed by atoms with Gasteiger partial charge in [-0.15, -0.1) is 0 Å². The topological polar surface area (TPSA) is 127 Å². The van der Waals surface area contributed by atoms with E-state index in [0.717, 1.165) is 38.2 Å². The van der Waals surface area contributed by atoms with E-state index in [2.05, 4.69) is 32.7 Å². The zero-order valence-electron chi connectivity index (χ0n) is 19.9. The molecule has 4 N–H and O–H groups in total. The Morgan fingerprint density at radius 1 is 1.21 bits per heavy atom. The maximum absolute atomic E-state index is 12.7. The Balaban J connectivity index is 1.12. The molecule has 2 unspecified atom stereocenters. The Labute approximate surface area is 200 Å². The van der Waals surface area contributed by atoms with Crippen LogP contribution in [0, 0.1) is 5.41 Å². The number of allylic oxidation sites excluding steroid dienone is 2. The molecule has 2 amide bonds. The number of likely N-dealkylation sites (tertiary alicyclic amines) is 1. The summed E-state index contributed by atoms with van der Waals surface area (Å²) in [4.78, 5) is 33.3. The number of hydrogen-bond donors (Lipinski definition) is 4. The van der Waals surface area contributed by atoms with Gasteiger partial charge in [-0.3, -0.25) is 14.6 Å². The van der Waals surface area contributed by atoms with Crippen molar-refractivity contribution >= 4 is 17.6 Å². The molecule has 0 bridgehead atoms. The Kier molecular flexibility index (Phi) is 8.02. The van der Waals surface area contributed by atoms with Crippen molar-refractivity contribution in [1.29, 1.82) is 0 Å². The quantitative estimate of drug-likeness (QED) is 0.317. The lowest BCUT2D eigenvalue weighted by Gasteiger charge is -2.34. The summed E-state index contributed by atoms with van der Waals surface area (Å²) < 4.78 is 5.63. The first kappa shape index (κ1) is 24.8. The van der Waals surface area contributed by atoms with Gasteiger partial charge in [0.1, 0.15) is 0 Å². The number of fused-ring (bicyclic) bond motifs is 1. The highest BCUT2D eigenvalue weighted by Gasteiger charge is 2.43. The van der Waals surface area contributed by atoms with Gasteiger partial charge in [0, 0.05) is 26.2 Å². The van der Waals surface area contributed by atoms with Crippen LogP contribution in [0.3, 0.4) is 0 Å². The average molecular weight is 476 g/mol. The van der Waals surface area contributed by atoms with E-state index in [4.69, 9.17) is 4.74 Å². The lowest BCUT2D eigenvalue weighted by atomic mass is 9.78. The molecule has 1 spiro atoms. The van der Waals surface area contributed by atoms with Crippen molar-refractivity contribution in [2.45, 2.75) is 50.5 Å². The van der Waals surface area contributed by atoms with Crippen LogP contribution in [-0.4, -0.2) is 114 Å². The molecule has 10 heteroatoms. The van der Waals surface area contributed by atoms with Gasteiger partial charge in [0.05, 0.1) is 31.1 Å². The molecule has 0 saturated carbocycles. The molecule has 4 atom stereocenters. The van der Waals surface area contributed by atoms with Crippen LogP contribution in [0.5, 0.6) is 0 Å². The smallest absolute Gasteiger partial charge is 0.254 e. The minimum atomic E-state index is -1.80. The predicted octanol–water partition coefficient (Wildman–Crippen LogP) is -0.960. The zero-order chi connectivity index (χ0) is 24.1. The van der Waals surface area contributed by atoms with Crippen molar-refractivity contribution in [3.63, 3.8) is 0 Å². The number of piperidine rings is 1. The molecule has 0 aromatic carbocycles. The summed E-state index contributed by atoms with van der Waals surface area (Å²) in [5.74, 6) is -0.374. The normalized spacial score (nSPS) is 27.0. The first-order valence-corrected chi connectivity index (χ1v) is 12.3. The number of carbonyl (C=O) groups is 2. The number of rotatable bonds is 9. The minimum Gasteiger partial charge on any atom is -0.380 e. The van der Waals surface area contributed by atoms with Gasteiger partial charge in [-0.05, 0) is 44.7 Å². The first-order chi connectivity index (χ1) is 16.4. The highest BCUT2D eigenvalue weighted by Crippen LogP contribution is 2.38. The Hall–Kier alpha value is -2.27. The zero-order valence-corrected chi connectivity index (χ0v) is 19.9. The van der Waals surface area contributed by atoms with Gasteiger partial charge in [-0.2, -0.15) is 0 Å². The molecule has 3 aliphatic heterocycles. The molecule has 3 heterocycles. The Morgan fingerprint density at radius 3 is 2.76 bits per heavy atom. The van der Waals surface area contributed by atoms with E-state index < -0.39 is 24.0 Å². The molecule has 4 rings (SSSR count). The molecular weight excluding hydrogens is 438 g/mol. The van der Waals surface area contributed by atoms with Crippen LogP contribution in [0.2, 0.25) is 0 Å². The number of nitrogens with one attached hydrogen (secondary N) is 2. The number of amides is 2. The van der Waals surface area contributed by atoms with Gasteiger partial charge in [0.25, 0.3) is 11.8 Å². The highest BCUT2D eigenvalue weighted by molar-refractivity contribution is 5.90. The maximum atomic E-state index is 12.7. The summed E-state index contributed by atoms with van der Waals surface area (Å²) in [5, 5.41) is 26.4. The van der Waals surface area contributed by atoms with E-state index in [1.54, 1.807) is 4.90 Å². The van der Waals surface area contributed by atoms with Gasteiger partial charge >= 0.3 is 0 Å². The lowest BCUT2D eigenvalue weighted by Crippen LogP contribution is -2.51. The summed E-state index contributed by atoms with van der Waals surface area (Å²) >= 11 is 0. The van der Waals surface area contributed by atoms with Gasteiger partial charge in [0.15, 0.2) is 12.2 Å². The number of nitrogens with zero attached hydrogens (tertiary/aromatic N) is 3. The number of aliphatic hydroxyl groups excluding tert-OH is 2. The van der Waals surface area contributed by atoms with E-state index >= 15 is 0 Å². The van der Waals surface area contributed by atoms with E-state index in [-0.39, 0.29) is 30.7 Å². The predicted molar refractivity (Wildman–Crippen MR) is 127 cm³/mol. The van der Waals surface area contributed by atoms with Crippen molar-refractivity contribution < 1.29 is 24.5 Å². The largest absolute Gasteiger partial charge is 0.380 e. The van der Waals surface area contributed by atoms with Crippen LogP contribution in [-0.2, 0) is 14.3 Å².